The SMILES string of the molecule is Cc1nc(NN)c(C)c(N(C)C(C)CC#N)n1. The van der Waals surface area contributed by atoms with Gasteiger partial charge in [0.05, 0.1) is 12.5 Å². The first-order chi connectivity index (χ1) is 8.01. The van der Waals surface area contributed by atoms with Crippen LogP contribution in [0.25, 0.3) is 0 Å². The minimum atomic E-state index is 0.0959. The molecule has 0 bridgehead atoms. The number of hydrogen-bond donors (Lipinski definition) is 2. The predicted octanol–water partition coefficient (Wildman–Crippen LogP) is 1.12. The van der Waals surface area contributed by atoms with E-state index >= 15 is 0 Å². The Balaban J connectivity index is 3.13. The number of nitrogen functional groups attached to an aromatic ring is 1. The second-order valence-corrected chi connectivity index (χ2v) is 4.03. The van der Waals surface area contributed by atoms with Crippen molar-refractivity contribution in [2.24, 2.45) is 5.84 Å². The summed E-state index contributed by atoms with van der Waals surface area (Å²) in [6.45, 7) is 5.70. The van der Waals surface area contributed by atoms with Crippen molar-refractivity contribution in [2.75, 3.05) is 17.4 Å². The van der Waals surface area contributed by atoms with E-state index in [0.29, 0.717) is 18.1 Å². The van der Waals surface area contributed by atoms with Gasteiger partial charge >= 0.3 is 0 Å². The lowest BCUT2D eigenvalue weighted by Crippen LogP contribution is -2.30. The Hall–Kier alpha value is -1.87. The molecule has 1 rings (SSSR count). The normalized spacial score (nSPS) is 11.8. The molecular formula is C11H18N6. The zero-order valence-electron chi connectivity index (χ0n) is 10.7. The van der Waals surface area contributed by atoms with Gasteiger partial charge in [0.1, 0.15) is 17.5 Å². The fourth-order valence-corrected chi connectivity index (χ4v) is 1.58. The van der Waals surface area contributed by atoms with Crippen molar-refractivity contribution >= 4 is 11.6 Å². The molecule has 3 N–H and O–H groups in total. The van der Waals surface area contributed by atoms with Gasteiger partial charge < -0.3 is 10.3 Å². The summed E-state index contributed by atoms with van der Waals surface area (Å²) in [7, 11) is 1.91. The van der Waals surface area contributed by atoms with Crippen molar-refractivity contribution in [3.63, 3.8) is 0 Å². The number of aryl methyl sites for hydroxylation is 1. The van der Waals surface area contributed by atoms with Crippen molar-refractivity contribution in [3.05, 3.63) is 11.4 Å². The number of hydrogen-bond acceptors (Lipinski definition) is 6. The second-order valence-electron chi connectivity index (χ2n) is 4.03. The van der Waals surface area contributed by atoms with Crippen LogP contribution < -0.4 is 16.2 Å². The Morgan fingerprint density at radius 3 is 2.65 bits per heavy atom. The maximum absolute atomic E-state index is 8.72. The highest BCUT2D eigenvalue weighted by Gasteiger charge is 2.16. The van der Waals surface area contributed by atoms with Gasteiger partial charge in [-0.15, -0.1) is 0 Å². The first-order valence-electron chi connectivity index (χ1n) is 5.42. The van der Waals surface area contributed by atoms with Gasteiger partial charge in [-0.25, -0.2) is 15.8 Å². The molecule has 6 nitrogen and oxygen atoms in total. The lowest BCUT2D eigenvalue weighted by molar-refractivity contribution is 0.689. The van der Waals surface area contributed by atoms with Gasteiger partial charge in [0.25, 0.3) is 0 Å². The van der Waals surface area contributed by atoms with Crippen molar-refractivity contribution in [1.82, 2.24) is 9.97 Å². The molecule has 0 aliphatic rings. The smallest absolute Gasteiger partial charge is 0.148 e. The van der Waals surface area contributed by atoms with E-state index in [1.165, 1.54) is 0 Å². The molecule has 0 aromatic carbocycles. The molecule has 1 atom stereocenters. The van der Waals surface area contributed by atoms with Crippen LogP contribution in [-0.4, -0.2) is 23.1 Å². The van der Waals surface area contributed by atoms with E-state index in [9.17, 15) is 0 Å². The molecule has 1 aromatic rings. The number of nitrogens with two attached hydrogens (primary N) is 1. The van der Waals surface area contributed by atoms with Crippen molar-refractivity contribution in [3.8, 4) is 6.07 Å². The fraction of sp³-hybridized carbons (Fsp3) is 0.545. The van der Waals surface area contributed by atoms with Crippen molar-refractivity contribution in [1.29, 1.82) is 5.26 Å². The topological polar surface area (TPSA) is 90.9 Å². The zero-order valence-corrected chi connectivity index (χ0v) is 10.7. The molecule has 1 heterocycles. The molecule has 0 amide bonds. The van der Waals surface area contributed by atoms with Gasteiger partial charge in [0, 0.05) is 18.7 Å². The highest BCUT2D eigenvalue weighted by molar-refractivity contribution is 5.58. The van der Waals surface area contributed by atoms with Gasteiger partial charge in [-0.2, -0.15) is 5.26 Å². The molecule has 0 spiro atoms. The summed E-state index contributed by atoms with van der Waals surface area (Å²) < 4.78 is 0. The van der Waals surface area contributed by atoms with Gasteiger partial charge in [-0.1, -0.05) is 0 Å². The van der Waals surface area contributed by atoms with Crippen LogP contribution in [0.15, 0.2) is 0 Å². The van der Waals surface area contributed by atoms with E-state index in [1.807, 2.05) is 32.7 Å². The Bertz CT molecular complexity index is 436. The van der Waals surface area contributed by atoms with E-state index in [0.717, 1.165) is 11.4 Å². The minimum Gasteiger partial charge on any atom is -0.356 e. The quantitative estimate of drug-likeness (QED) is 0.599. The van der Waals surface area contributed by atoms with Crippen LogP contribution in [0.5, 0.6) is 0 Å². The molecule has 92 valence electrons. The number of hydrazine groups is 1. The Morgan fingerprint density at radius 1 is 1.47 bits per heavy atom. The van der Waals surface area contributed by atoms with Crippen LogP contribution in [0.1, 0.15) is 24.7 Å². The summed E-state index contributed by atoms with van der Waals surface area (Å²) in [5, 5.41) is 8.72. The summed E-state index contributed by atoms with van der Waals surface area (Å²) in [5.41, 5.74) is 3.44. The molecule has 0 fully saturated rings. The van der Waals surface area contributed by atoms with Crippen molar-refractivity contribution < 1.29 is 0 Å². The largest absolute Gasteiger partial charge is 0.356 e. The molecule has 17 heavy (non-hydrogen) atoms. The van der Waals surface area contributed by atoms with Gasteiger partial charge in [-0.3, -0.25) is 0 Å². The third-order valence-electron chi connectivity index (χ3n) is 2.75. The van der Waals surface area contributed by atoms with Gasteiger partial charge in [0.15, 0.2) is 0 Å². The maximum Gasteiger partial charge on any atom is 0.148 e. The number of nitrogens with zero attached hydrogens (tertiary/aromatic N) is 4. The summed E-state index contributed by atoms with van der Waals surface area (Å²) in [6.07, 6.45) is 0.449. The van der Waals surface area contributed by atoms with E-state index in [4.69, 9.17) is 11.1 Å². The molecule has 1 aromatic heterocycles. The number of rotatable bonds is 4. The third kappa shape index (κ3) is 2.82. The Morgan fingerprint density at radius 2 is 2.12 bits per heavy atom. The van der Waals surface area contributed by atoms with Crippen LogP contribution in [0, 0.1) is 25.2 Å². The zero-order chi connectivity index (χ0) is 13.0. The standard InChI is InChI=1S/C11H18N6/c1-7(5-6-12)17(4)11-8(2)10(16-13)14-9(3)15-11/h7H,5,13H2,1-4H3,(H,14,15,16). The number of nitrogens with one attached hydrogen (secondary N) is 1. The lowest BCUT2D eigenvalue weighted by Gasteiger charge is -2.26. The molecule has 6 heteroatoms. The van der Waals surface area contributed by atoms with Crippen LogP contribution >= 0.6 is 0 Å². The first kappa shape index (κ1) is 13.2. The number of nitriles is 1. The van der Waals surface area contributed by atoms with E-state index < -0.39 is 0 Å². The number of aromatic nitrogens is 2. The molecular weight excluding hydrogens is 216 g/mol. The fourth-order valence-electron chi connectivity index (χ4n) is 1.58. The first-order valence-corrected chi connectivity index (χ1v) is 5.42. The predicted molar refractivity (Wildman–Crippen MR) is 67.4 cm³/mol. The van der Waals surface area contributed by atoms with Crippen LogP contribution in [0.4, 0.5) is 11.6 Å². The average molecular weight is 234 g/mol. The molecule has 0 saturated carbocycles. The Kier molecular flexibility index (Phi) is 4.24. The van der Waals surface area contributed by atoms with Crippen LogP contribution in [0.3, 0.4) is 0 Å². The Labute approximate surface area is 101 Å². The van der Waals surface area contributed by atoms with E-state index in [2.05, 4.69) is 21.5 Å². The minimum absolute atomic E-state index is 0.0959. The van der Waals surface area contributed by atoms with Crippen LogP contribution in [-0.2, 0) is 0 Å². The molecule has 0 saturated heterocycles. The van der Waals surface area contributed by atoms with Gasteiger partial charge in [0.2, 0.25) is 0 Å². The summed E-state index contributed by atoms with van der Waals surface area (Å²) >= 11 is 0. The van der Waals surface area contributed by atoms with Crippen LogP contribution in [0.2, 0.25) is 0 Å². The average Bonchev–Trinajstić information content (AvgIpc) is 2.31. The highest BCUT2D eigenvalue weighted by Crippen LogP contribution is 2.23. The maximum atomic E-state index is 8.72. The highest BCUT2D eigenvalue weighted by atomic mass is 15.3. The number of anilines is 2. The molecule has 1 unspecified atom stereocenters. The molecule has 0 aliphatic heterocycles. The summed E-state index contributed by atoms with van der Waals surface area (Å²) in [4.78, 5) is 10.6. The third-order valence-corrected chi connectivity index (χ3v) is 2.75. The molecule has 0 aliphatic carbocycles. The monoisotopic (exact) mass is 234 g/mol. The summed E-state index contributed by atoms with van der Waals surface area (Å²) in [6, 6.07) is 2.25. The van der Waals surface area contributed by atoms with Gasteiger partial charge in [-0.05, 0) is 20.8 Å². The lowest BCUT2D eigenvalue weighted by atomic mass is 10.2. The van der Waals surface area contributed by atoms with E-state index in [1.54, 1.807) is 0 Å². The second kappa shape index (κ2) is 5.46. The summed E-state index contributed by atoms with van der Waals surface area (Å²) in [5.74, 6) is 7.47. The molecule has 0 radical (unpaired) electrons. The van der Waals surface area contributed by atoms with Crippen molar-refractivity contribution in [2.45, 2.75) is 33.2 Å². The van der Waals surface area contributed by atoms with E-state index in [-0.39, 0.29) is 6.04 Å².